The fourth-order valence-corrected chi connectivity index (χ4v) is 9.23. The molecule has 4 aliphatic rings. The summed E-state index contributed by atoms with van der Waals surface area (Å²) in [5, 5.41) is 24.0. The van der Waals surface area contributed by atoms with Crippen LogP contribution in [-0.2, 0) is 20.1 Å². The second kappa shape index (κ2) is 13.6. The van der Waals surface area contributed by atoms with Gasteiger partial charge in [-0.25, -0.2) is 0 Å². The minimum atomic E-state index is -0.204. The minimum Gasteiger partial charge on any atom is -0.392 e. The van der Waals surface area contributed by atoms with Gasteiger partial charge in [0, 0.05) is 32.2 Å². The monoisotopic (exact) mass is 745 g/mol. The molecular formula is C38H50IrNO2-. The zero-order valence-corrected chi connectivity index (χ0v) is 28.4. The second-order valence-corrected chi connectivity index (χ2v) is 14.3. The van der Waals surface area contributed by atoms with Gasteiger partial charge in [0.25, 0.3) is 0 Å². The van der Waals surface area contributed by atoms with Crippen molar-refractivity contribution >= 4 is 10.8 Å². The number of nitrogens with zero attached hydrogens (tertiary/aromatic N) is 1. The van der Waals surface area contributed by atoms with E-state index in [1.54, 1.807) is 0 Å². The van der Waals surface area contributed by atoms with E-state index in [0.717, 1.165) is 28.7 Å². The van der Waals surface area contributed by atoms with Gasteiger partial charge in [0.15, 0.2) is 0 Å². The van der Waals surface area contributed by atoms with Crippen LogP contribution in [0.5, 0.6) is 0 Å². The summed E-state index contributed by atoms with van der Waals surface area (Å²) < 4.78 is 0. The predicted octanol–water partition coefficient (Wildman–Crippen LogP) is 8.80. The molecule has 2 unspecified atom stereocenters. The third kappa shape index (κ3) is 6.44. The molecule has 3 aromatic rings. The maximum absolute atomic E-state index is 10.8. The average molecular weight is 745 g/mol. The maximum atomic E-state index is 10.8. The van der Waals surface area contributed by atoms with Gasteiger partial charge in [0.05, 0.1) is 12.2 Å². The van der Waals surface area contributed by atoms with Crippen LogP contribution >= 0.6 is 0 Å². The Morgan fingerprint density at radius 2 is 1.38 bits per heavy atom. The molecular weight excluding hydrogens is 695 g/mol. The molecule has 3 nitrogen and oxygen atoms in total. The number of hydrogen-bond acceptors (Lipinski definition) is 3. The molecule has 2 N–H and O–H groups in total. The summed E-state index contributed by atoms with van der Waals surface area (Å²) >= 11 is 0. The predicted molar refractivity (Wildman–Crippen MR) is 169 cm³/mol. The third-order valence-electron chi connectivity index (χ3n) is 11.2. The van der Waals surface area contributed by atoms with Gasteiger partial charge in [-0.3, -0.25) is 0 Å². The Morgan fingerprint density at radius 3 is 1.90 bits per heavy atom. The molecule has 42 heavy (non-hydrogen) atoms. The molecule has 2 aromatic carbocycles. The summed E-state index contributed by atoms with van der Waals surface area (Å²) in [4.78, 5) is 4.60. The SMILES string of the molecule is Cc1[c-]c(-c2nccc3cc(C(C)C)ccc23)cc(C)c1.OC1C2C(C[C@@H]1C1CCCC1)C[C@H](C1CCCC1)C2O.[Ir]. The van der Waals surface area contributed by atoms with Crippen LogP contribution < -0.4 is 0 Å². The van der Waals surface area contributed by atoms with Crippen molar-refractivity contribution in [1.29, 1.82) is 0 Å². The first kappa shape index (κ1) is 31.8. The molecule has 229 valence electrons. The number of fused-ring (bicyclic) bond motifs is 2. The van der Waals surface area contributed by atoms with E-state index in [4.69, 9.17) is 0 Å². The molecule has 4 atom stereocenters. The van der Waals surface area contributed by atoms with Gasteiger partial charge in [0.1, 0.15) is 0 Å². The number of hydrogen-bond donors (Lipinski definition) is 2. The molecule has 0 amide bonds. The van der Waals surface area contributed by atoms with Crippen molar-refractivity contribution in [3.63, 3.8) is 0 Å². The van der Waals surface area contributed by atoms with Crippen LogP contribution in [0.1, 0.15) is 101 Å². The fourth-order valence-electron chi connectivity index (χ4n) is 9.23. The van der Waals surface area contributed by atoms with Crippen molar-refractivity contribution < 1.29 is 30.3 Å². The zero-order chi connectivity index (χ0) is 28.7. The molecule has 4 heteroatoms. The standard InChI is InChI=1S/C20H20N.C18H30O2.Ir/c1-13(2)16-5-6-19-17(12-16)7-8-21-20(19)18-10-14(3)9-15(4)11-18;19-17-14(11-5-1-2-6-11)9-13-10-15(18(20)16(13)17)12-7-3-4-8-12;/h5-10,12-13H,1-4H3;11-20H,1-10H2;/q-1;;/t;13?,14-,15-,16?,17?,18?;/m.1./s1. The van der Waals surface area contributed by atoms with Crippen molar-refractivity contribution in [1.82, 2.24) is 4.98 Å². The van der Waals surface area contributed by atoms with E-state index in [1.165, 1.54) is 86.1 Å². The van der Waals surface area contributed by atoms with Gasteiger partial charge in [-0.15, -0.1) is 34.9 Å². The van der Waals surface area contributed by atoms with E-state index in [1.807, 2.05) is 6.20 Å². The minimum absolute atomic E-state index is 0. The number of aliphatic hydroxyl groups is 2. The van der Waals surface area contributed by atoms with Crippen molar-refractivity contribution in [3.05, 3.63) is 65.4 Å². The second-order valence-electron chi connectivity index (χ2n) is 14.3. The molecule has 1 aromatic heterocycles. The fraction of sp³-hybridized carbons (Fsp3) is 0.605. The van der Waals surface area contributed by atoms with E-state index in [-0.39, 0.29) is 38.2 Å². The topological polar surface area (TPSA) is 53.4 Å². The largest absolute Gasteiger partial charge is 0.392 e. The summed E-state index contributed by atoms with van der Waals surface area (Å²) in [5.41, 5.74) is 5.87. The normalized spacial score (nSPS) is 29.5. The summed E-state index contributed by atoms with van der Waals surface area (Å²) in [5.74, 6) is 3.90. The van der Waals surface area contributed by atoms with E-state index >= 15 is 0 Å². The molecule has 0 spiro atoms. The first-order valence-corrected chi connectivity index (χ1v) is 16.6. The molecule has 0 aliphatic heterocycles. The number of aryl methyl sites for hydroxylation is 2. The average Bonchev–Trinajstić information content (AvgIpc) is 3.75. The van der Waals surface area contributed by atoms with Crippen LogP contribution in [0.3, 0.4) is 0 Å². The van der Waals surface area contributed by atoms with Crippen molar-refractivity contribution in [2.24, 2.45) is 35.5 Å². The molecule has 1 heterocycles. The van der Waals surface area contributed by atoms with Gasteiger partial charge in [-0.1, -0.05) is 97.3 Å². The summed E-state index contributed by atoms with van der Waals surface area (Å²) in [6.07, 6.45) is 14.6. The molecule has 4 aliphatic carbocycles. The number of pyridine rings is 1. The Balaban J connectivity index is 0.000000164. The van der Waals surface area contributed by atoms with E-state index in [9.17, 15) is 10.2 Å². The Kier molecular flexibility index (Phi) is 10.3. The molecule has 4 fully saturated rings. The smallest absolute Gasteiger partial charge is 0.0626 e. The number of aromatic nitrogens is 1. The van der Waals surface area contributed by atoms with Crippen molar-refractivity contribution in [2.75, 3.05) is 0 Å². The molecule has 4 saturated carbocycles. The molecule has 0 saturated heterocycles. The molecule has 0 bridgehead atoms. The van der Waals surface area contributed by atoms with Crippen molar-refractivity contribution in [3.8, 4) is 11.3 Å². The molecule has 7 rings (SSSR count). The Labute approximate surface area is 267 Å². The van der Waals surface area contributed by atoms with Crippen LogP contribution in [0.4, 0.5) is 0 Å². The zero-order valence-electron chi connectivity index (χ0n) is 26.0. The third-order valence-corrected chi connectivity index (χ3v) is 11.2. The van der Waals surface area contributed by atoms with Crippen molar-refractivity contribution in [2.45, 2.75) is 110 Å². The van der Waals surface area contributed by atoms with Gasteiger partial charge >= 0.3 is 0 Å². The van der Waals surface area contributed by atoms with Gasteiger partial charge in [-0.2, -0.15) is 0 Å². The van der Waals surface area contributed by atoms with Gasteiger partial charge in [0.2, 0.25) is 0 Å². The number of aliphatic hydroxyl groups excluding tert-OH is 2. The maximum Gasteiger partial charge on any atom is 0.0626 e. The van der Waals surface area contributed by atoms with Crippen LogP contribution in [-0.4, -0.2) is 27.4 Å². The van der Waals surface area contributed by atoms with E-state index in [2.05, 4.69) is 75.1 Å². The van der Waals surface area contributed by atoms with Crippen LogP contribution in [0.15, 0.2) is 42.6 Å². The van der Waals surface area contributed by atoms with Crippen LogP contribution in [0.25, 0.3) is 22.0 Å². The van der Waals surface area contributed by atoms with Crippen LogP contribution in [0, 0.1) is 55.4 Å². The summed E-state index contributed by atoms with van der Waals surface area (Å²) in [6.45, 7) is 8.65. The first-order chi connectivity index (χ1) is 19.8. The first-order valence-electron chi connectivity index (χ1n) is 16.6. The number of rotatable bonds is 4. The Hall–Kier alpha value is -1.58. The van der Waals surface area contributed by atoms with Gasteiger partial charge in [-0.05, 0) is 76.4 Å². The summed E-state index contributed by atoms with van der Waals surface area (Å²) in [6, 6.07) is 16.5. The molecule has 1 radical (unpaired) electrons. The Morgan fingerprint density at radius 1 is 0.786 bits per heavy atom. The number of benzene rings is 2. The van der Waals surface area contributed by atoms with Gasteiger partial charge < -0.3 is 15.2 Å². The summed E-state index contributed by atoms with van der Waals surface area (Å²) in [7, 11) is 0. The quantitative estimate of drug-likeness (QED) is 0.263. The van der Waals surface area contributed by atoms with E-state index in [0.29, 0.717) is 23.7 Å². The Bertz CT molecular complexity index is 1290. The van der Waals surface area contributed by atoms with E-state index < -0.39 is 0 Å². The van der Waals surface area contributed by atoms with Crippen LogP contribution in [0.2, 0.25) is 0 Å².